The summed E-state index contributed by atoms with van der Waals surface area (Å²) in [7, 11) is 2.33. The fraction of sp³-hybridized carbons (Fsp3) is 0.567. The predicted molar refractivity (Wildman–Crippen MR) is 134 cm³/mol. The maximum absolute atomic E-state index is 13.9. The Bertz CT molecular complexity index is 971. The molecule has 3 fully saturated rings. The molecule has 0 spiro atoms. The molecule has 1 N–H and O–H groups in total. The molecule has 34 heavy (non-hydrogen) atoms. The first kappa shape index (κ1) is 23.6. The van der Waals surface area contributed by atoms with Crippen LogP contribution in [0.4, 0.5) is 0 Å². The van der Waals surface area contributed by atoms with E-state index in [0.717, 1.165) is 49.6 Å². The number of fused-ring (bicyclic) bond motifs is 2. The van der Waals surface area contributed by atoms with E-state index in [1.807, 2.05) is 30.3 Å². The van der Waals surface area contributed by atoms with Crippen molar-refractivity contribution in [3.63, 3.8) is 0 Å². The molecular weight excluding hydrogens is 422 g/mol. The molecule has 1 saturated heterocycles. The third-order valence-corrected chi connectivity index (χ3v) is 9.44. The molecular formula is C30H40NO3+. The van der Waals surface area contributed by atoms with Crippen molar-refractivity contribution in [3.8, 4) is 0 Å². The van der Waals surface area contributed by atoms with Crippen molar-refractivity contribution in [1.29, 1.82) is 0 Å². The van der Waals surface area contributed by atoms with Crippen LogP contribution in [0.15, 0.2) is 60.7 Å². The standard InChI is InChI=1S/C30H40NO3/c1-22(23-13-7-5-8-14-23)31(2)21-24-19-20-27(31)28(24)34-29(32)30(33,26-17-11-6-12-18-26)25-15-9-3-4-10-16-25/h5-8,11-14,17-18,22,24-25,27-28,33H,3-4,9-10,15-16,19-21H2,1-2H3/q+1/t22-,24?,27+,28?,30?,31?/m0/s1. The number of piperidine rings is 1. The van der Waals surface area contributed by atoms with Crippen LogP contribution in [-0.4, -0.2) is 41.3 Å². The minimum absolute atomic E-state index is 0.0897. The quantitative estimate of drug-likeness (QED) is 0.337. The van der Waals surface area contributed by atoms with E-state index in [0.29, 0.717) is 17.5 Å². The number of likely N-dealkylation sites (tertiary alicyclic amines) is 1. The number of hydrogen-bond donors (Lipinski definition) is 1. The minimum Gasteiger partial charge on any atom is -0.453 e. The molecule has 4 nitrogen and oxygen atoms in total. The number of nitrogens with zero attached hydrogens (tertiary/aromatic N) is 1. The van der Waals surface area contributed by atoms with E-state index in [1.54, 1.807) is 0 Å². The lowest BCUT2D eigenvalue weighted by molar-refractivity contribution is -0.954. The Morgan fingerprint density at radius 2 is 1.56 bits per heavy atom. The highest BCUT2D eigenvalue weighted by molar-refractivity contribution is 5.82. The van der Waals surface area contributed by atoms with E-state index in [-0.39, 0.29) is 18.1 Å². The second kappa shape index (κ2) is 9.47. The number of quaternary nitrogens is 1. The molecule has 2 aromatic rings. The molecule has 0 radical (unpaired) electrons. The van der Waals surface area contributed by atoms with Crippen molar-refractivity contribution in [3.05, 3.63) is 71.8 Å². The summed E-state index contributed by atoms with van der Waals surface area (Å²) in [6.45, 7) is 3.33. The highest BCUT2D eigenvalue weighted by Crippen LogP contribution is 2.50. The van der Waals surface area contributed by atoms with Crippen molar-refractivity contribution >= 4 is 5.97 Å². The van der Waals surface area contributed by atoms with E-state index < -0.39 is 11.6 Å². The average molecular weight is 463 g/mol. The zero-order valence-corrected chi connectivity index (χ0v) is 20.7. The molecule has 182 valence electrons. The molecule has 2 saturated carbocycles. The zero-order valence-electron chi connectivity index (χ0n) is 20.7. The monoisotopic (exact) mass is 462 g/mol. The number of ether oxygens (including phenoxy) is 1. The maximum Gasteiger partial charge on any atom is 0.343 e. The lowest BCUT2D eigenvalue weighted by atomic mass is 9.77. The van der Waals surface area contributed by atoms with Gasteiger partial charge in [-0.3, -0.25) is 0 Å². The van der Waals surface area contributed by atoms with Gasteiger partial charge in [0.1, 0.15) is 12.1 Å². The number of rotatable bonds is 6. The number of aliphatic hydroxyl groups is 1. The second-order valence-electron chi connectivity index (χ2n) is 11.2. The Morgan fingerprint density at radius 3 is 2.21 bits per heavy atom. The molecule has 2 aromatic carbocycles. The summed E-state index contributed by atoms with van der Waals surface area (Å²) in [5.41, 5.74) is 0.455. The molecule has 1 aliphatic heterocycles. The van der Waals surface area contributed by atoms with Gasteiger partial charge in [0.2, 0.25) is 0 Å². The first-order valence-corrected chi connectivity index (χ1v) is 13.3. The van der Waals surface area contributed by atoms with Crippen LogP contribution >= 0.6 is 0 Å². The third kappa shape index (κ3) is 3.99. The Balaban J connectivity index is 1.41. The molecule has 2 bridgehead atoms. The topological polar surface area (TPSA) is 46.5 Å². The van der Waals surface area contributed by atoms with Crippen LogP contribution in [0.5, 0.6) is 0 Å². The van der Waals surface area contributed by atoms with Crippen molar-refractivity contribution in [1.82, 2.24) is 0 Å². The largest absolute Gasteiger partial charge is 0.453 e. The van der Waals surface area contributed by atoms with Crippen LogP contribution in [0.1, 0.15) is 75.5 Å². The fourth-order valence-electron chi connectivity index (χ4n) is 7.31. The van der Waals surface area contributed by atoms with Crippen LogP contribution in [0.2, 0.25) is 0 Å². The van der Waals surface area contributed by atoms with Crippen molar-refractivity contribution in [2.45, 2.75) is 82.1 Å². The van der Waals surface area contributed by atoms with Gasteiger partial charge in [0.15, 0.2) is 11.7 Å². The summed E-state index contributed by atoms with van der Waals surface area (Å²) in [6, 6.07) is 20.9. The summed E-state index contributed by atoms with van der Waals surface area (Å²) in [5, 5.41) is 12.1. The van der Waals surface area contributed by atoms with Gasteiger partial charge in [-0.1, -0.05) is 86.3 Å². The van der Waals surface area contributed by atoms with E-state index in [9.17, 15) is 9.90 Å². The Hall–Kier alpha value is -2.17. The van der Waals surface area contributed by atoms with Crippen molar-refractivity contribution in [2.24, 2.45) is 11.8 Å². The second-order valence-corrected chi connectivity index (χ2v) is 11.2. The van der Waals surface area contributed by atoms with E-state index in [2.05, 4.69) is 44.3 Å². The fourth-order valence-corrected chi connectivity index (χ4v) is 7.31. The summed E-state index contributed by atoms with van der Waals surface area (Å²) < 4.78 is 7.29. The lowest BCUT2D eigenvalue weighted by Gasteiger charge is -2.43. The summed E-state index contributed by atoms with van der Waals surface area (Å²) in [4.78, 5) is 13.9. The summed E-state index contributed by atoms with van der Waals surface area (Å²) in [6.07, 6.45) is 8.27. The van der Waals surface area contributed by atoms with Crippen LogP contribution < -0.4 is 0 Å². The summed E-state index contributed by atoms with van der Waals surface area (Å²) in [5.74, 6) is -0.152. The highest BCUT2D eigenvalue weighted by Gasteiger charge is 2.61. The number of benzene rings is 2. The molecule has 3 aliphatic rings. The van der Waals surface area contributed by atoms with E-state index in [4.69, 9.17) is 4.74 Å². The molecule has 1 heterocycles. The lowest BCUT2D eigenvalue weighted by Crippen LogP contribution is -2.53. The van der Waals surface area contributed by atoms with Crippen LogP contribution in [0.3, 0.4) is 0 Å². The van der Waals surface area contributed by atoms with Crippen LogP contribution in [0.25, 0.3) is 0 Å². The smallest absolute Gasteiger partial charge is 0.343 e. The first-order chi connectivity index (χ1) is 16.4. The number of carbonyl (C=O) groups is 1. The van der Waals surface area contributed by atoms with Gasteiger partial charge >= 0.3 is 5.97 Å². The number of likely N-dealkylation sites (N-methyl/N-ethyl adjacent to an activating group) is 1. The Labute approximate surface area is 204 Å². The number of hydrogen-bond acceptors (Lipinski definition) is 3. The van der Waals surface area contributed by atoms with E-state index >= 15 is 0 Å². The van der Waals surface area contributed by atoms with Crippen LogP contribution in [-0.2, 0) is 15.1 Å². The van der Waals surface area contributed by atoms with Gasteiger partial charge in [-0.25, -0.2) is 4.79 Å². The summed E-state index contributed by atoms with van der Waals surface area (Å²) >= 11 is 0. The van der Waals surface area contributed by atoms with Gasteiger partial charge < -0.3 is 14.3 Å². The minimum atomic E-state index is -1.57. The zero-order chi connectivity index (χ0) is 23.8. The Morgan fingerprint density at radius 1 is 0.941 bits per heavy atom. The molecule has 0 aromatic heterocycles. The van der Waals surface area contributed by atoms with Crippen LogP contribution in [0, 0.1) is 11.8 Å². The van der Waals surface area contributed by atoms with Gasteiger partial charge in [-0.05, 0) is 31.7 Å². The molecule has 4 heteroatoms. The molecule has 6 atom stereocenters. The van der Waals surface area contributed by atoms with Gasteiger partial charge in [0.25, 0.3) is 0 Å². The van der Waals surface area contributed by atoms with Gasteiger partial charge in [-0.2, -0.15) is 0 Å². The Kier molecular flexibility index (Phi) is 6.56. The highest BCUT2D eigenvalue weighted by atomic mass is 16.6. The predicted octanol–water partition coefficient (Wildman–Crippen LogP) is 5.76. The maximum atomic E-state index is 13.9. The van der Waals surface area contributed by atoms with Gasteiger partial charge in [0.05, 0.1) is 19.5 Å². The van der Waals surface area contributed by atoms with Gasteiger partial charge in [-0.15, -0.1) is 0 Å². The normalized spacial score (nSPS) is 32.0. The van der Waals surface area contributed by atoms with Crippen molar-refractivity contribution < 1.29 is 19.1 Å². The molecule has 2 aliphatic carbocycles. The average Bonchev–Trinajstić information content (AvgIpc) is 3.22. The third-order valence-electron chi connectivity index (χ3n) is 9.44. The van der Waals surface area contributed by atoms with Crippen molar-refractivity contribution in [2.75, 3.05) is 13.6 Å². The SMILES string of the molecule is C[C@@H](c1ccccc1)[N+]1(C)CC2CC[C@@H]1C2OC(=O)C(O)(c1ccccc1)C1CCCCCC1. The van der Waals surface area contributed by atoms with E-state index in [1.165, 1.54) is 18.4 Å². The van der Waals surface area contributed by atoms with Gasteiger partial charge in [0, 0.05) is 17.9 Å². The molecule has 0 amide bonds. The first-order valence-electron chi connectivity index (χ1n) is 13.3. The molecule has 5 rings (SSSR count). The number of esters is 1. The molecule has 4 unspecified atom stereocenters. The number of carbonyl (C=O) groups excluding carboxylic acids is 1.